The van der Waals surface area contributed by atoms with Crippen LogP contribution < -0.4 is 10.6 Å². The second-order valence-electron chi connectivity index (χ2n) is 7.76. The Morgan fingerprint density at radius 1 is 1.24 bits per heavy atom. The van der Waals surface area contributed by atoms with E-state index in [1.54, 1.807) is 10.9 Å². The van der Waals surface area contributed by atoms with E-state index in [9.17, 15) is 22.4 Å². The molecule has 1 aliphatic heterocycles. The van der Waals surface area contributed by atoms with Crippen molar-refractivity contribution in [3.63, 3.8) is 0 Å². The highest BCUT2D eigenvalue weighted by molar-refractivity contribution is 6.06. The summed E-state index contributed by atoms with van der Waals surface area (Å²) in [5, 5.41) is 10.8. The van der Waals surface area contributed by atoms with Gasteiger partial charge in [0.25, 0.3) is 5.91 Å². The maximum atomic E-state index is 13.6. The second kappa shape index (κ2) is 9.34. The van der Waals surface area contributed by atoms with Crippen molar-refractivity contribution in [1.29, 1.82) is 0 Å². The van der Waals surface area contributed by atoms with Crippen LogP contribution in [-0.4, -0.2) is 39.9 Å². The van der Waals surface area contributed by atoms with Gasteiger partial charge >= 0.3 is 6.18 Å². The van der Waals surface area contributed by atoms with Gasteiger partial charge in [-0.05, 0) is 43.5 Å². The molecule has 0 unspecified atom stereocenters. The van der Waals surface area contributed by atoms with E-state index >= 15 is 0 Å². The molecular weight excluding hydrogens is 442 g/mol. The fourth-order valence-electron chi connectivity index (χ4n) is 3.89. The molecule has 0 bridgehead atoms. The van der Waals surface area contributed by atoms with Gasteiger partial charge in [-0.25, -0.2) is 14.1 Å². The Hall–Kier alpha value is -3.21. The minimum Gasteiger partial charge on any atom is -0.381 e. The number of rotatable bonds is 6. The lowest BCUT2D eigenvalue weighted by Gasteiger charge is -2.25. The van der Waals surface area contributed by atoms with Crippen molar-refractivity contribution in [2.75, 3.05) is 18.5 Å². The van der Waals surface area contributed by atoms with E-state index in [1.807, 2.05) is 6.92 Å². The molecule has 11 heteroatoms. The van der Waals surface area contributed by atoms with Crippen LogP contribution in [0.2, 0.25) is 0 Å². The van der Waals surface area contributed by atoms with Crippen molar-refractivity contribution in [2.45, 2.75) is 45.1 Å². The summed E-state index contributed by atoms with van der Waals surface area (Å²) < 4.78 is 60.5. The number of anilines is 1. The minimum atomic E-state index is -4.67. The monoisotopic (exact) mass is 465 g/mol. The molecule has 33 heavy (non-hydrogen) atoms. The molecule has 0 spiro atoms. The van der Waals surface area contributed by atoms with Crippen LogP contribution in [0.4, 0.5) is 23.2 Å². The topological polar surface area (TPSA) is 81.1 Å². The van der Waals surface area contributed by atoms with Gasteiger partial charge in [0.05, 0.1) is 28.4 Å². The number of amides is 1. The molecule has 7 nitrogen and oxygen atoms in total. The SMILES string of the molecule is CCn1ncc2c(NC3CCOCC3)c(C(=O)NCc3cc(F)ccc3C(F)(F)F)cnc21. The standard InChI is InChI=1S/C22H23F4N5O2/c1-2-31-20-16(12-29-31)19(30-15-5-7-33-8-6-15)17(11-27-20)21(32)28-10-13-9-14(23)3-4-18(13)22(24,25)26/h3-4,9,11-12,15H,2,5-8,10H2,1H3,(H,27,30)(H,28,32). The Balaban J connectivity index is 1.64. The van der Waals surface area contributed by atoms with Gasteiger partial charge in [0.1, 0.15) is 5.82 Å². The quantitative estimate of drug-likeness (QED) is 0.535. The lowest BCUT2D eigenvalue weighted by Crippen LogP contribution is -2.30. The highest BCUT2D eigenvalue weighted by atomic mass is 19.4. The molecule has 2 aromatic heterocycles. The van der Waals surface area contributed by atoms with Gasteiger partial charge in [0.2, 0.25) is 0 Å². The molecule has 0 atom stereocenters. The minimum absolute atomic E-state index is 0.0564. The Labute approximate surface area is 187 Å². The first kappa shape index (κ1) is 23.0. The number of ether oxygens (including phenoxy) is 1. The number of aromatic nitrogens is 3. The number of nitrogens with zero attached hydrogens (tertiary/aromatic N) is 3. The average molecular weight is 465 g/mol. The Morgan fingerprint density at radius 3 is 2.70 bits per heavy atom. The van der Waals surface area contributed by atoms with E-state index in [0.29, 0.717) is 42.5 Å². The molecule has 1 saturated heterocycles. The van der Waals surface area contributed by atoms with Crippen LogP contribution >= 0.6 is 0 Å². The molecule has 0 aliphatic carbocycles. The summed E-state index contributed by atoms with van der Waals surface area (Å²) >= 11 is 0. The lowest BCUT2D eigenvalue weighted by atomic mass is 10.1. The Morgan fingerprint density at radius 2 is 2.00 bits per heavy atom. The van der Waals surface area contributed by atoms with Crippen molar-refractivity contribution >= 4 is 22.6 Å². The van der Waals surface area contributed by atoms with Gasteiger partial charge in [-0.3, -0.25) is 4.79 Å². The average Bonchev–Trinajstić information content (AvgIpc) is 3.21. The molecule has 1 aromatic carbocycles. The number of nitrogens with one attached hydrogen (secondary N) is 2. The number of aryl methyl sites for hydroxylation is 1. The number of hydrogen-bond acceptors (Lipinski definition) is 5. The molecule has 3 aromatic rings. The third kappa shape index (κ3) is 4.92. The van der Waals surface area contributed by atoms with Gasteiger partial charge in [0.15, 0.2) is 5.65 Å². The molecule has 1 fully saturated rings. The van der Waals surface area contributed by atoms with Crippen molar-refractivity contribution in [2.24, 2.45) is 0 Å². The van der Waals surface area contributed by atoms with E-state index < -0.39 is 30.0 Å². The molecule has 1 aliphatic rings. The Bertz CT molecular complexity index is 1160. The zero-order chi connectivity index (χ0) is 23.6. The molecule has 176 valence electrons. The number of pyridine rings is 1. The van der Waals surface area contributed by atoms with Crippen LogP contribution in [0.1, 0.15) is 41.3 Å². The zero-order valence-electron chi connectivity index (χ0n) is 17.9. The normalized spacial score (nSPS) is 15.1. The molecule has 0 saturated carbocycles. The summed E-state index contributed by atoms with van der Waals surface area (Å²) in [6.07, 6.45) is -0.198. The van der Waals surface area contributed by atoms with E-state index in [4.69, 9.17) is 4.74 Å². The summed E-state index contributed by atoms with van der Waals surface area (Å²) in [6, 6.07) is 2.24. The fraction of sp³-hybridized carbons (Fsp3) is 0.409. The van der Waals surface area contributed by atoms with E-state index in [2.05, 4.69) is 20.7 Å². The van der Waals surface area contributed by atoms with Crippen LogP contribution in [0.15, 0.2) is 30.6 Å². The lowest BCUT2D eigenvalue weighted by molar-refractivity contribution is -0.138. The summed E-state index contributed by atoms with van der Waals surface area (Å²) in [5.74, 6) is -1.44. The van der Waals surface area contributed by atoms with Crippen LogP contribution in [0.3, 0.4) is 0 Å². The number of carbonyl (C=O) groups is 1. The number of hydrogen-bond donors (Lipinski definition) is 2. The number of alkyl halides is 3. The first-order valence-electron chi connectivity index (χ1n) is 10.6. The van der Waals surface area contributed by atoms with Gasteiger partial charge in [-0.1, -0.05) is 0 Å². The van der Waals surface area contributed by atoms with Crippen LogP contribution in [0, 0.1) is 5.82 Å². The summed E-state index contributed by atoms with van der Waals surface area (Å²) in [7, 11) is 0. The van der Waals surface area contributed by atoms with Crippen molar-refractivity contribution in [3.05, 3.63) is 53.1 Å². The molecule has 3 heterocycles. The number of halogens is 4. The zero-order valence-corrected chi connectivity index (χ0v) is 17.9. The number of carbonyl (C=O) groups excluding carboxylic acids is 1. The molecule has 1 amide bonds. The van der Waals surface area contributed by atoms with Crippen molar-refractivity contribution in [3.8, 4) is 0 Å². The highest BCUT2D eigenvalue weighted by Crippen LogP contribution is 2.33. The second-order valence-corrected chi connectivity index (χ2v) is 7.76. The van der Waals surface area contributed by atoms with Crippen LogP contribution in [0.5, 0.6) is 0 Å². The van der Waals surface area contributed by atoms with Gasteiger partial charge < -0.3 is 15.4 Å². The van der Waals surface area contributed by atoms with Crippen molar-refractivity contribution in [1.82, 2.24) is 20.1 Å². The third-order valence-corrected chi connectivity index (χ3v) is 5.59. The maximum absolute atomic E-state index is 13.6. The van der Waals surface area contributed by atoms with Crippen molar-refractivity contribution < 1.29 is 27.1 Å². The predicted molar refractivity (Wildman–Crippen MR) is 113 cm³/mol. The van der Waals surface area contributed by atoms with E-state index in [1.165, 1.54) is 6.20 Å². The van der Waals surface area contributed by atoms with Crippen LogP contribution in [0.25, 0.3) is 11.0 Å². The fourth-order valence-corrected chi connectivity index (χ4v) is 3.89. The Kier molecular flexibility index (Phi) is 6.50. The summed E-state index contributed by atoms with van der Waals surface area (Å²) in [4.78, 5) is 17.4. The van der Waals surface area contributed by atoms with Gasteiger partial charge in [-0.2, -0.15) is 18.3 Å². The highest BCUT2D eigenvalue weighted by Gasteiger charge is 2.33. The molecule has 4 rings (SSSR count). The maximum Gasteiger partial charge on any atom is 0.416 e. The third-order valence-electron chi connectivity index (χ3n) is 5.59. The van der Waals surface area contributed by atoms with Crippen LogP contribution in [-0.2, 0) is 24.0 Å². The summed E-state index contributed by atoms with van der Waals surface area (Å²) in [5.41, 5.74) is -0.0766. The number of fused-ring (bicyclic) bond motifs is 1. The van der Waals surface area contributed by atoms with Gasteiger partial charge in [0, 0.05) is 38.5 Å². The number of benzene rings is 1. The smallest absolute Gasteiger partial charge is 0.381 e. The molecular formula is C22H23F4N5O2. The predicted octanol–water partition coefficient (Wildman–Crippen LogP) is 4.13. The van der Waals surface area contributed by atoms with E-state index in [0.717, 1.165) is 25.0 Å². The van der Waals surface area contributed by atoms with E-state index in [-0.39, 0.29) is 17.2 Å². The summed E-state index contributed by atoms with van der Waals surface area (Å²) in [6.45, 7) is 3.17. The first-order valence-corrected chi connectivity index (χ1v) is 10.6. The first-order chi connectivity index (χ1) is 15.8. The largest absolute Gasteiger partial charge is 0.416 e. The molecule has 0 radical (unpaired) electrons. The van der Waals surface area contributed by atoms with Gasteiger partial charge in [-0.15, -0.1) is 0 Å². The molecule has 2 N–H and O–H groups in total.